The summed E-state index contributed by atoms with van der Waals surface area (Å²) >= 11 is 5.94. The number of hydrogen-bond donors (Lipinski definition) is 1. The van der Waals surface area contributed by atoms with Crippen LogP contribution in [0.5, 0.6) is 0 Å². The van der Waals surface area contributed by atoms with Gasteiger partial charge in [-0.05, 0) is 44.4 Å². The summed E-state index contributed by atoms with van der Waals surface area (Å²) < 4.78 is 1.84. The molecule has 0 bridgehead atoms. The van der Waals surface area contributed by atoms with Crippen LogP contribution in [0.2, 0.25) is 5.02 Å². The Morgan fingerprint density at radius 3 is 2.46 bits per heavy atom. The molecule has 0 atom stereocenters. The van der Waals surface area contributed by atoms with Gasteiger partial charge in [-0.2, -0.15) is 5.10 Å². The third-order valence-corrected chi connectivity index (χ3v) is 5.52. The molecule has 1 N–H and O–H groups in total. The summed E-state index contributed by atoms with van der Waals surface area (Å²) in [5.41, 5.74) is 4.33. The number of rotatable bonds is 5. The second-order valence-electron chi connectivity index (χ2n) is 7.19. The van der Waals surface area contributed by atoms with Crippen molar-refractivity contribution in [3.63, 3.8) is 0 Å². The molecule has 0 radical (unpaired) electrons. The first kappa shape index (κ1) is 18.9. The molecule has 1 aliphatic rings. The predicted molar refractivity (Wildman–Crippen MR) is 104 cm³/mol. The van der Waals surface area contributed by atoms with Crippen molar-refractivity contribution in [1.82, 2.24) is 20.0 Å². The van der Waals surface area contributed by atoms with Gasteiger partial charge in [0.2, 0.25) is 5.91 Å². The Bertz CT molecular complexity index is 761. The summed E-state index contributed by atoms with van der Waals surface area (Å²) in [6.07, 6.45) is 2.39. The standard InChI is InChI=1S/C20H27ClN4O/c1-14-19(15(2)24(3)23-14)12-20(26)22-18-8-10-25(11-9-18)13-16-4-6-17(21)7-5-16/h4-7,18H,8-13H2,1-3H3,(H,22,26). The largest absolute Gasteiger partial charge is 0.353 e. The predicted octanol–water partition coefficient (Wildman–Crippen LogP) is 3.01. The van der Waals surface area contributed by atoms with E-state index in [4.69, 9.17) is 11.6 Å². The number of halogens is 1. The fourth-order valence-corrected chi connectivity index (χ4v) is 3.72. The summed E-state index contributed by atoms with van der Waals surface area (Å²) in [4.78, 5) is 14.9. The van der Waals surface area contributed by atoms with E-state index in [0.717, 1.165) is 54.4 Å². The van der Waals surface area contributed by atoms with E-state index in [2.05, 4.69) is 27.4 Å². The number of aryl methyl sites for hydroxylation is 2. The molecule has 1 fully saturated rings. The van der Waals surface area contributed by atoms with Gasteiger partial charge in [-0.25, -0.2) is 0 Å². The fraction of sp³-hybridized carbons (Fsp3) is 0.500. The van der Waals surface area contributed by atoms with E-state index in [1.165, 1.54) is 5.56 Å². The summed E-state index contributed by atoms with van der Waals surface area (Å²) in [5.74, 6) is 0.0975. The second-order valence-corrected chi connectivity index (χ2v) is 7.63. The van der Waals surface area contributed by atoms with Gasteiger partial charge >= 0.3 is 0 Å². The Labute approximate surface area is 160 Å². The van der Waals surface area contributed by atoms with Crippen LogP contribution in [0.15, 0.2) is 24.3 Å². The highest BCUT2D eigenvalue weighted by atomic mass is 35.5. The zero-order valence-electron chi connectivity index (χ0n) is 15.8. The van der Waals surface area contributed by atoms with Crippen molar-refractivity contribution >= 4 is 17.5 Å². The first-order valence-corrected chi connectivity index (χ1v) is 9.55. The van der Waals surface area contributed by atoms with E-state index >= 15 is 0 Å². The van der Waals surface area contributed by atoms with Gasteiger partial charge in [0.25, 0.3) is 0 Å². The van der Waals surface area contributed by atoms with E-state index in [1.54, 1.807) is 0 Å². The molecule has 1 amide bonds. The van der Waals surface area contributed by atoms with Crippen LogP contribution in [0.4, 0.5) is 0 Å². The van der Waals surface area contributed by atoms with Crippen molar-refractivity contribution < 1.29 is 4.79 Å². The summed E-state index contributed by atoms with van der Waals surface area (Å²) in [6, 6.07) is 8.29. The normalized spacial score (nSPS) is 16.0. The van der Waals surface area contributed by atoms with E-state index < -0.39 is 0 Å². The minimum atomic E-state index is 0.0975. The minimum Gasteiger partial charge on any atom is -0.353 e. The van der Waals surface area contributed by atoms with Crippen LogP contribution < -0.4 is 5.32 Å². The van der Waals surface area contributed by atoms with Crippen LogP contribution in [-0.2, 0) is 24.8 Å². The number of carbonyl (C=O) groups is 1. The summed E-state index contributed by atoms with van der Waals surface area (Å²) in [7, 11) is 1.92. The van der Waals surface area contributed by atoms with E-state index in [-0.39, 0.29) is 11.9 Å². The Kier molecular flexibility index (Phi) is 5.99. The van der Waals surface area contributed by atoms with Gasteiger partial charge in [-0.3, -0.25) is 14.4 Å². The van der Waals surface area contributed by atoms with Gasteiger partial charge in [-0.15, -0.1) is 0 Å². The maximum Gasteiger partial charge on any atom is 0.224 e. The van der Waals surface area contributed by atoms with Gasteiger partial charge in [0.15, 0.2) is 0 Å². The first-order valence-electron chi connectivity index (χ1n) is 9.17. The number of carbonyl (C=O) groups excluding carboxylic acids is 1. The van der Waals surface area contributed by atoms with Crippen LogP contribution in [0.25, 0.3) is 0 Å². The Morgan fingerprint density at radius 1 is 1.23 bits per heavy atom. The maximum absolute atomic E-state index is 12.4. The molecule has 6 heteroatoms. The van der Waals surface area contributed by atoms with Crippen molar-refractivity contribution in [2.45, 2.75) is 45.7 Å². The quantitative estimate of drug-likeness (QED) is 0.875. The molecular formula is C20H27ClN4O. The third kappa shape index (κ3) is 4.65. The molecule has 1 aromatic carbocycles. The number of amides is 1. The minimum absolute atomic E-state index is 0.0975. The smallest absolute Gasteiger partial charge is 0.224 e. The molecule has 2 heterocycles. The van der Waals surface area contributed by atoms with Crippen molar-refractivity contribution in [1.29, 1.82) is 0 Å². The molecular weight excluding hydrogens is 348 g/mol. The SMILES string of the molecule is Cc1nn(C)c(C)c1CC(=O)NC1CCN(Cc2ccc(Cl)cc2)CC1. The molecule has 1 saturated heterocycles. The Balaban J connectivity index is 1.46. The summed E-state index contributed by atoms with van der Waals surface area (Å²) in [6.45, 7) is 6.91. The number of nitrogens with one attached hydrogen (secondary N) is 1. The number of piperidine rings is 1. The lowest BCUT2D eigenvalue weighted by Gasteiger charge is -2.32. The number of hydrogen-bond acceptors (Lipinski definition) is 3. The molecule has 0 unspecified atom stereocenters. The zero-order valence-corrected chi connectivity index (χ0v) is 16.5. The topological polar surface area (TPSA) is 50.2 Å². The van der Waals surface area contributed by atoms with Crippen molar-refractivity contribution in [2.24, 2.45) is 7.05 Å². The lowest BCUT2D eigenvalue weighted by atomic mass is 10.0. The van der Waals surface area contributed by atoms with Gasteiger partial charge < -0.3 is 5.32 Å². The van der Waals surface area contributed by atoms with E-state index in [1.807, 2.05) is 37.7 Å². The van der Waals surface area contributed by atoms with Crippen LogP contribution in [0, 0.1) is 13.8 Å². The molecule has 0 aliphatic carbocycles. The monoisotopic (exact) mass is 374 g/mol. The number of likely N-dealkylation sites (tertiary alicyclic amines) is 1. The van der Waals surface area contributed by atoms with Gasteiger partial charge in [0.05, 0.1) is 12.1 Å². The number of nitrogens with zero attached hydrogens (tertiary/aromatic N) is 3. The Hall–Kier alpha value is -1.85. The Morgan fingerprint density at radius 2 is 1.88 bits per heavy atom. The van der Waals surface area contributed by atoms with Gasteiger partial charge in [-0.1, -0.05) is 23.7 Å². The average molecular weight is 375 g/mol. The highest BCUT2D eigenvalue weighted by Gasteiger charge is 2.22. The van der Waals surface area contributed by atoms with Gasteiger partial charge in [0.1, 0.15) is 0 Å². The molecule has 5 nitrogen and oxygen atoms in total. The van der Waals surface area contributed by atoms with Crippen LogP contribution >= 0.6 is 11.6 Å². The molecule has 1 aromatic heterocycles. The third-order valence-electron chi connectivity index (χ3n) is 5.27. The fourth-order valence-electron chi connectivity index (χ4n) is 3.60. The molecule has 140 valence electrons. The van der Waals surface area contributed by atoms with Crippen molar-refractivity contribution in [3.05, 3.63) is 51.8 Å². The zero-order chi connectivity index (χ0) is 18.7. The average Bonchev–Trinajstić information content (AvgIpc) is 2.85. The van der Waals surface area contributed by atoms with E-state index in [0.29, 0.717) is 6.42 Å². The molecule has 2 aromatic rings. The highest BCUT2D eigenvalue weighted by Crippen LogP contribution is 2.17. The molecule has 26 heavy (non-hydrogen) atoms. The molecule has 1 aliphatic heterocycles. The van der Waals surface area contributed by atoms with E-state index in [9.17, 15) is 4.79 Å². The van der Waals surface area contributed by atoms with Gasteiger partial charge in [0, 0.05) is 49.0 Å². The van der Waals surface area contributed by atoms with Crippen LogP contribution in [0.1, 0.15) is 35.4 Å². The van der Waals surface area contributed by atoms with Crippen molar-refractivity contribution in [3.8, 4) is 0 Å². The highest BCUT2D eigenvalue weighted by molar-refractivity contribution is 6.30. The first-order chi connectivity index (χ1) is 12.4. The number of aromatic nitrogens is 2. The lowest BCUT2D eigenvalue weighted by Crippen LogP contribution is -2.44. The maximum atomic E-state index is 12.4. The van der Waals surface area contributed by atoms with Crippen molar-refractivity contribution in [2.75, 3.05) is 13.1 Å². The van der Waals surface area contributed by atoms with Crippen LogP contribution in [0.3, 0.4) is 0 Å². The molecule has 0 spiro atoms. The summed E-state index contributed by atoms with van der Waals surface area (Å²) in [5, 5.41) is 8.36. The molecule has 3 rings (SSSR count). The lowest BCUT2D eigenvalue weighted by molar-refractivity contribution is -0.121. The molecule has 0 saturated carbocycles. The second kappa shape index (κ2) is 8.23. The van der Waals surface area contributed by atoms with Crippen LogP contribution in [-0.4, -0.2) is 39.7 Å². The number of benzene rings is 1.